The summed E-state index contributed by atoms with van der Waals surface area (Å²) in [6.07, 6.45) is 8.07. The molecule has 6 nitrogen and oxygen atoms in total. The lowest BCUT2D eigenvalue weighted by Crippen LogP contribution is -2.50. The van der Waals surface area contributed by atoms with Gasteiger partial charge in [0.25, 0.3) is 5.91 Å². The Morgan fingerprint density at radius 2 is 1.78 bits per heavy atom. The number of hydrogen-bond acceptors (Lipinski definition) is 4. The lowest BCUT2D eigenvalue weighted by molar-refractivity contribution is -0.127. The molecule has 3 heterocycles. The van der Waals surface area contributed by atoms with E-state index in [2.05, 4.69) is 4.98 Å². The second-order valence-electron chi connectivity index (χ2n) is 6.39. The van der Waals surface area contributed by atoms with Crippen LogP contribution in [-0.2, 0) is 4.79 Å². The van der Waals surface area contributed by atoms with Gasteiger partial charge in [-0.15, -0.1) is 0 Å². The number of piperazine rings is 1. The van der Waals surface area contributed by atoms with E-state index >= 15 is 0 Å². The summed E-state index contributed by atoms with van der Waals surface area (Å²) < 4.78 is 4.96. The van der Waals surface area contributed by atoms with Gasteiger partial charge in [0.05, 0.1) is 17.3 Å². The number of furan rings is 1. The van der Waals surface area contributed by atoms with E-state index in [1.165, 1.54) is 12.5 Å². The lowest BCUT2D eigenvalue weighted by Gasteiger charge is -2.34. The monoisotopic (exact) mass is 361 g/mol. The fourth-order valence-electron chi connectivity index (χ4n) is 3.23. The zero-order valence-corrected chi connectivity index (χ0v) is 14.7. The fourth-order valence-corrected chi connectivity index (χ4v) is 3.23. The van der Waals surface area contributed by atoms with E-state index < -0.39 is 0 Å². The van der Waals surface area contributed by atoms with E-state index in [0.29, 0.717) is 31.7 Å². The average Bonchev–Trinajstić information content (AvgIpc) is 3.26. The van der Waals surface area contributed by atoms with Crippen LogP contribution in [0.4, 0.5) is 0 Å². The maximum absolute atomic E-state index is 12.5. The van der Waals surface area contributed by atoms with E-state index in [0.717, 1.165) is 16.5 Å². The minimum absolute atomic E-state index is 0.0571. The number of nitrogens with zero attached hydrogens (tertiary/aromatic N) is 3. The van der Waals surface area contributed by atoms with Crippen molar-refractivity contribution >= 4 is 28.8 Å². The van der Waals surface area contributed by atoms with Crippen molar-refractivity contribution in [2.24, 2.45) is 0 Å². The molecular weight excluding hydrogens is 342 g/mol. The Morgan fingerprint density at radius 1 is 1.00 bits per heavy atom. The van der Waals surface area contributed by atoms with Gasteiger partial charge >= 0.3 is 0 Å². The van der Waals surface area contributed by atoms with Crippen molar-refractivity contribution in [1.82, 2.24) is 14.8 Å². The number of carbonyl (C=O) groups excluding carboxylic acids is 2. The molecule has 1 aliphatic heterocycles. The highest BCUT2D eigenvalue weighted by Crippen LogP contribution is 2.17. The molecule has 3 aromatic rings. The Bertz CT molecular complexity index is 982. The molecule has 0 atom stereocenters. The number of para-hydroxylation sites is 1. The van der Waals surface area contributed by atoms with Crippen molar-refractivity contribution in [2.45, 2.75) is 0 Å². The van der Waals surface area contributed by atoms with E-state index in [9.17, 15) is 9.59 Å². The summed E-state index contributed by atoms with van der Waals surface area (Å²) in [4.78, 5) is 32.7. The Kier molecular flexibility index (Phi) is 4.70. The second kappa shape index (κ2) is 7.45. The van der Waals surface area contributed by atoms with Gasteiger partial charge in [-0.1, -0.05) is 24.3 Å². The van der Waals surface area contributed by atoms with E-state index in [4.69, 9.17) is 4.42 Å². The molecular formula is C21H19N3O3. The molecule has 0 spiro atoms. The highest BCUT2D eigenvalue weighted by molar-refractivity contribution is 5.96. The number of fused-ring (bicyclic) bond motifs is 1. The Balaban J connectivity index is 1.39. The van der Waals surface area contributed by atoms with Gasteiger partial charge < -0.3 is 14.2 Å². The molecule has 1 saturated heterocycles. The molecule has 1 aliphatic rings. The Hall–Kier alpha value is -3.41. The molecule has 0 bridgehead atoms. The molecule has 4 rings (SSSR count). The van der Waals surface area contributed by atoms with Gasteiger partial charge in [0.15, 0.2) is 0 Å². The van der Waals surface area contributed by atoms with Crippen LogP contribution in [0.1, 0.15) is 15.9 Å². The maximum atomic E-state index is 12.5. The molecule has 0 saturated carbocycles. The predicted octanol–water partition coefficient (Wildman–Crippen LogP) is 2.83. The Labute approximate surface area is 156 Å². The predicted molar refractivity (Wildman–Crippen MR) is 102 cm³/mol. The minimum atomic E-state index is -0.0618. The highest BCUT2D eigenvalue weighted by Gasteiger charge is 2.24. The van der Waals surface area contributed by atoms with Crippen molar-refractivity contribution in [3.63, 3.8) is 0 Å². The van der Waals surface area contributed by atoms with Gasteiger partial charge in [0.1, 0.15) is 6.26 Å². The van der Waals surface area contributed by atoms with Crippen LogP contribution in [0.5, 0.6) is 0 Å². The lowest BCUT2D eigenvalue weighted by atomic mass is 10.1. The van der Waals surface area contributed by atoms with E-state index in [-0.39, 0.29) is 11.8 Å². The number of benzene rings is 1. The average molecular weight is 361 g/mol. The zero-order chi connectivity index (χ0) is 18.6. The van der Waals surface area contributed by atoms with Crippen LogP contribution in [0, 0.1) is 0 Å². The molecule has 2 amide bonds. The van der Waals surface area contributed by atoms with Gasteiger partial charge in [0.2, 0.25) is 5.91 Å². The molecule has 6 heteroatoms. The van der Waals surface area contributed by atoms with Gasteiger partial charge in [-0.2, -0.15) is 0 Å². The van der Waals surface area contributed by atoms with Crippen molar-refractivity contribution in [1.29, 1.82) is 0 Å². The normalized spacial score (nSPS) is 14.8. The highest BCUT2D eigenvalue weighted by atomic mass is 16.3. The van der Waals surface area contributed by atoms with Gasteiger partial charge in [-0.05, 0) is 18.2 Å². The first kappa shape index (κ1) is 17.0. The SMILES string of the molecule is O=C(/C=C/c1cccc2cccnc12)N1CCN(C(=O)c2ccoc2)CC1. The van der Waals surface area contributed by atoms with Crippen LogP contribution in [0.2, 0.25) is 0 Å². The van der Waals surface area contributed by atoms with Gasteiger partial charge in [0, 0.05) is 49.4 Å². The first-order valence-electron chi connectivity index (χ1n) is 8.84. The number of hydrogen-bond donors (Lipinski definition) is 0. The van der Waals surface area contributed by atoms with Crippen LogP contribution in [0.3, 0.4) is 0 Å². The van der Waals surface area contributed by atoms with Crippen molar-refractivity contribution in [2.75, 3.05) is 26.2 Å². The molecule has 1 fully saturated rings. The smallest absolute Gasteiger partial charge is 0.257 e. The summed E-state index contributed by atoms with van der Waals surface area (Å²) in [5, 5.41) is 1.04. The maximum Gasteiger partial charge on any atom is 0.257 e. The van der Waals surface area contributed by atoms with E-state index in [1.54, 1.807) is 34.2 Å². The van der Waals surface area contributed by atoms with Crippen molar-refractivity contribution < 1.29 is 14.0 Å². The van der Waals surface area contributed by atoms with Crippen molar-refractivity contribution in [3.8, 4) is 0 Å². The number of pyridine rings is 1. The minimum Gasteiger partial charge on any atom is -0.472 e. The first-order valence-corrected chi connectivity index (χ1v) is 8.84. The summed E-state index contributed by atoms with van der Waals surface area (Å²) in [6.45, 7) is 2.06. The molecule has 1 aromatic carbocycles. The standard InChI is InChI=1S/C21H19N3O3/c25-19(7-6-17-4-1-3-16-5-2-9-22-20(16)17)23-10-12-24(13-11-23)21(26)18-8-14-27-15-18/h1-9,14-15H,10-13H2/b7-6+. The molecule has 27 heavy (non-hydrogen) atoms. The number of carbonyl (C=O) groups is 2. The molecule has 0 unspecified atom stereocenters. The third-order valence-corrected chi connectivity index (χ3v) is 4.72. The van der Waals surface area contributed by atoms with E-state index in [1.807, 2.05) is 30.3 Å². The number of rotatable bonds is 3. The van der Waals surface area contributed by atoms with Crippen LogP contribution < -0.4 is 0 Å². The molecule has 0 radical (unpaired) electrons. The fraction of sp³-hybridized carbons (Fsp3) is 0.190. The molecule has 136 valence electrons. The summed E-state index contributed by atoms with van der Waals surface area (Å²) in [5.74, 6) is -0.119. The molecule has 2 aromatic heterocycles. The molecule has 0 aliphatic carbocycles. The summed E-state index contributed by atoms with van der Waals surface area (Å²) >= 11 is 0. The quantitative estimate of drug-likeness (QED) is 0.673. The van der Waals surface area contributed by atoms with Crippen LogP contribution in [0.15, 0.2) is 65.6 Å². The number of amides is 2. The largest absolute Gasteiger partial charge is 0.472 e. The molecule has 0 N–H and O–H groups in total. The summed E-state index contributed by atoms with van der Waals surface area (Å²) in [6, 6.07) is 11.4. The van der Waals surface area contributed by atoms with Gasteiger partial charge in [-0.25, -0.2) is 0 Å². The third-order valence-electron chi connectivity index (χ3n) is 4.72. The zero-order valence-electron chi connectivity index (χ0n) is 14.7. The summed E-state index contributed by atoms with van der Waals surface area (Å²) in [7, 11) is 0. The topological polar surface area (TPSA) is 66.7 Å². The summed E-state index contributed by atoms with van der Waals surface area (Å²) in [5.41, 5.74) is 2.33. The van der Waals surface area contributed by atoms with Crippen LogP contribution in [-0.4, -0.2) is 52.8 Å². The number of aromatic nitrogens is 1. The third kappa shape index (κ3) is 3.60. The Morgan fingerprint density at radius 3 is 2.56 bits per heavy atom. The van der Waals surface area contributed by atoms with Crippen LogP contribution in [0.25, 0.3) is 17.0 Å². The van der Waals surface area contributed by atoms with Gasteiger partial charge in [-0.3, -0.25) is 14.6 Å². The second-order valence-corrected chi connectivity index (χ2v) is 6.39. The van der Waals surface area contributed by atoms with Crippen molar-refractivity contribution in [3.05, 3.63) is 72.3 Å². The first-order chi connectivity index (χ1) is 13.2. The van der Waals surface area contributed by atoms with Crippen LogP contribution >= 0.6 is 0 Å².